The summed E-state index contributed by atoms with van der Waals surface area (Å²) >= 11 is 0. The Bertz CT molecular complexity index is 213. The van der Waals surface area contributed by atoms with Gasteiger partial charge < -0.3 is 19.5 Å². The van der Waals surface area contributed by atoms with Gasteiger partial charge in [-0.25, -0.2) is 0 Å². The fourth-order valence-corrected chi connectivity index (χ4v) is 2.78. The molecule has 2 aliphatic heterocycles. The highest BCUT2D eigenvalue weighted by Gasteiger charge is 2.28. The van der Waals surface area contributed by atoms with Crippen LogP contribution in [0, 0.1) is 5.92 Å². The first kappa shape index (κ1) is 14.3. The Balaban J connectivity index is 1.82. The Kier molecular flexibility index (Phi) is 6.41. The molecule has 2 aliphatic rings. The molecule has 1 N–H and O–H groups in total. The van der Waals surface area contributed by atoms with E-state index in [9.17, 15) is 0 Å². The summed E-state index contributed by atoms with van der Waals surface area (Å²) < 4.78 is 16.8. The van der Waals surface area contributed by atoms with E-state index in [0.29, 0.717) is 6.04 Å². The first-order valence-corrected chi connectivity index (χ1v) is 7.40. The lowest BCUT2D eigenvalue weighted by Crippen LogP contribution is -2.48. The van der Waals surface area contributed by atoms with Gasteiger partial charge in [-0.3, -0.25) is 0 Å². The van der Waals surface area contributed by atoms with Gasteiger partial charge in [0.25, 0.3) is 0 Å². The number of ether oxygens (including phenoxy) is 3. The largest absolute Gasteiger partial charge is 0.381 e. The molecular formula is C14H27NO3. The van der Waals surface area contributed by atoms with Crippen LogP contribution in [0.15, 0.2) is 0 Å². The van der Waals surface area contributed by atoms with E-state index in [-0.39, 0.29) is 6.10 Å². The quantitative estimate of drug-likeness (QED) is 0.784. The molecule has 2 unspecified atom stereocenters. The lowest BCUT2D eigenvalue weighted by Gasteiger charge is -2.34. The van der Waals surface area contributed by atoms with Crippen LogP contribution < -0.4 is 5.32 Å². The first-order chi connectivity index (χ1) is 8.90. The Labute approximate surface area is 110 Å². The summed E-state index contributed by atoms with van der Waals surface area (Å²) in [5.74, 6) is 0.777. The minimum Gasteiger partial charge on any atom is -0.381 e. The minimum atomic E-state index is 0.230. The molecular weight excluding hydrogens is 230 g/mol. The fraction of sp³-hybridized carbons (Fsp3) is 1.00. The van der Waals surface area contributed by atoms with E-state index < -0.39 is 0 Å². The van der Waals surface area contributed by atoms with Gasteiger partial charge in [0.1, 0.15) is 0 Å². The van der Waals surface area contributed by atoms with Crippen LogP contribution in [0.1, 0.15) is 32.6 Å². The van der Waals surface area contributed by atoms with Crippen molar-refractivity contribution >= 4 is 0 Å². The Morgan fingerprint density at radius 1 is 1.11 bits per heavy atom. The van der Waals surface area contributed by atoms with Crippen molar-refractivity contribution in [3.05, 3.63) is 0 Å². The summed E-state index contributed by atoms with van der Waals surface area (Å²) in [6.07, 6.45) is 4.97. The van der Waals surface area contributed by atoms with Crippen LogP contribution in [0.4, 0.5) is 0 Å². The van der Waals surface area contributed by atoms with Gasteiger partial charge >= 0.3 is 0 Å². The van der Waals surface area contributed by atoms with Crippen LogP contribution in [-0.4, -0.2) is 51.7 Å². The number of nitrogens with one attached hydrogen (secondary N) is 1. The third-order valence-electron chi connectivity index (χ3n) is 3.88. The van der Waals surface area contributed by atoms with Gasteiger partial charge in [0.05, 0.1) is 25.9 Å². The second-order valence-electron chi connectivity index (χ2n) is 5.34. The Morgan fingerprint density at radius 3 is 2.61 bits per heavy atom. The third kappa shape index (κ3) is 4.50. The lowest BCUT2D eigenvalue weighted by atomic mass is 9.90. The van der Waals surface area contributed by atoms with Gasteiger partial charge in [0.15, 0.2) is 0 Å². The zero-order valence-electron chi connectivity index (χ0n) is 11.5. The molecule has 0 radical (unpaired) electrons. The van der Waals surface area contributed by atoms with Gasteiger partial charge in [0.2, 0.25) is 0 Å². The first-order valence-electron chi connectivity index (χ1n) is 7.40. The number of rotatable bonds is 6. The molecule has 2 rings (SSSR count). The van der Waals surface area contributed by atoms with Crippen molar-refractivity contribution in [1.29, 1.82) is 0 Å². The second-order valence-corrected chi connectivity index (χ2v) is 5.34. The van der Waals surface area contributed by atoms with E-state index in [1.807, 2.05) is 0 Å². The molecule has 106 valence electrons. The maximum absolute atomic E-state index is 5.86. The Morgan fingerprint density at radius 2 is 1.94 bits per heavy atom. The van der Waals surface area contributed by atoms with Crippen LogP contribution in [0.5, 0.6) is 0 Å². The summed E-state index contributed by atoms with van der Waals surface area (Å²) in [6, 6.07) is 0.438. The van der Waals surface area contributed by atoms with E-state index in [2.05, 4.69) is 12.2 Å². The van der Waals surface area contributed by atoms with Crippen molar-refractivity contribution in [3.63, 3.8) is 0 Å². The van der Waals surface area contributed by atoms with Crippen molar-refractivity contribution < 1.29 is 14.2 Å². The van der Waals surface area contributed by atoms with Crippen molar-refractivity contribution in [2.24, 2.45) is 5.92 Å². The normalized spacial score (nSPS) is 28.2. The van der Waals surface area contributed by atoms with Gasteiger partial charge in [-0.1, -0.05) is 6.92 Å². The molecule has 2 heterocycles. The molecule has 4 heteroatoms. The molecule has 4 nitrogen and oxygen atoms in total. The van der Waals surface area contributed by atoms with Crippen LogP contribution in [0.25, 0.3) is 0 Å². The highest BCUT2D eigenvalue weighted by molar-refractivity contribution is 4.82. The zero-order valence-corrected chi connectivity index (χ0v) is 11.5. The van der Waals surface area contributed by atoms with Crippen LogP contribution in [-0.2, 0) is 14.2 Å². The zero-order chi connectivity index (χ0) is 12.6. The predicted molar refractivity (Wildman–Crippen MR) is 70.8 cm³/mol. The van der Waals surface area contributed by atoms with Gasteiger partial charge in [0, 0.05) is 19.3 Å². The van der Waals surface area contributed by atoms with E-state index in [4.69, 9.17) is 14.2 Å². The van der Waals surface area contributed by atoms with E-state index >= 15 is 0 Å². The lowest BCUT2D eigenvalue weighted by molar-refractivity contribution is -0.105. The smallest absolute Gasteiger partial charge is 0.0962 e. The van der Waals surface area contributed by atoms with Gasteiger partial charge in [-0.2, -0.15) is 0 Å². The topological polar surface area (TPSA) is 39.7 Å². The van der Waals surface area contributed by atoms with E-state index in [1.165, 1.54) is 19.3 Å². The monoisotopic (exact) mass is 257 g/mol. The number of hydrogen-bond donors (Lipinski definition) is 1. The maximum atomic E-state index is 5.86. The number of hydrogen-bond acceptors (Lipinski definition) is 4. The van der Waals surface area contributed by atoms with Crippen molar-refractivity contribution in [3.8, 4) is 0 Å². The molecule has 0 saturated carbocycles. The minimum absolute atomic E-state index is 0.230. The summed E-state index contributed by atoms with van der Waals surface area (Å²) in [5, 5.41) is 3.64. The van der Waals surface area contributed by atoms with Crippen molar-refractivity contribution in [2.75, 3.05) is 39.6 Å². The highest BCUT2D eigenvalue weighted by atomic mass is 16.6. The van der Waals surface area contributed by atoms with Crippen molar-refractivity contribution in [1.82, 2.24) is 5.32 Å². The van der Waals surface area contributed by atoms with E-state index in [0.717, 1.165) is 51.9 Å². The van der Waals surface area contributed by atoms with E-state index in [1.54, 1.807) is 0 Å². The van der Waals surface area contributed by atoms with Gasteiger partial charge in [-0.05, 0) is 38.1 Å². The molecule has 0 aromatic heterocycles. The molecule has 2 saturated heterocycles. The summed E-state index contributed by atoms with van der Waals surface area (Å²) in [5.41, 5.74) is 0. The molecule has 0 aromatic rings. The highest BCUT2D eigenvalue weighted by Crippen LogP contribution is 2.23. The molecule has 18 heavy (non-hydrogen) atoms. The fourth-order valence-electron chi connectivity index (χ4n) is 2.78. The standard InChI is InChI=1S/C14H27NO3/c1-2-5-15-13(14-11-17-8-9-18-14)10-12-3-6-16-7-4-12/h12-15H,2-11H2,1H3. The SMILES string of the molecule is CCCNC(CC1CCOCC1)C1COCCO1. The average Bonchev–Trinajstić information content (AvgIpc) is 2.45. The Hall–Kier alpha value is -0.160. The molecule has 0 bridgehead atoms. The van der Waals surface area contributed by atoms with Crippen LogP contribution in [0.3, 0.4) is 0 Å². The molecule has 0 amide bonds. The molecule has 0 spiro atoms. The molecule has 0 aromatic carbocycles. The molecule has 2 atom stereocenters. The summed E-state index contributed by atoms with van der Waals surface area (Å²) in [4.78, 5) is 0. The maximum Gasteiger partial charge on any atom is 0.0962 e. The molecule has 0 aliphatic carbocycles. The van der Waals surface area contributed by atoms with Gasteiger partial charge in [-0.15, -0.1) is 0 Å². The summed E-state index contributed by atoms with van der Waals surface area (Å²) in [7, 11) is 0. The third-order valence-corrected chi connectivity index (χ3v) is 3.88. The molecule has 2 fully saturated rings. The average molecular weight is 257 g/mol. The van der Waals surface area contributed by atoms with Crippen LogP contribution in [0.2, 0.25) is 0 Å². The van der Waals surface area contributed by atoms with Crippen molar-refractivity contribution in [2.45, 2.75) is 44.8 Å². The second kappa shape index (κ2) is 8.10. The predicted octanol–water partition coefficient (Wildman–Crippen LogP) is 1.59. The summed E-state index contributed by atoms with van der Waals surface area (Å²) in [6.45, 7) is 7.34. The van der Waals surface area contributed by atoms with Crippen LogP contribution >= 0.6 is 0 Å².